The molecule has 0 aliphatic carbocycles. The van der Waals surface area contributed by atoms with E-state index >= 15 is 0 Å². The number of nitrogens with one attached hydrogen (secondary N) is 1. The van der Waals surface area contributed by atoms with Crippen molar-refractivity contribution in [3.63, 3.8) is 0 Å². The summed E-state index contributed by atoms with van der Waals surface area (Å²) < 4.78 is 10.9. The number of hydrogen-bond donors (Lipinski definition) is 1. The molecule has 31 heavy (non-hydrogen) atoms. The van der Waals surface area contributed by atoms with E-state index in [9.17, 15) is 9.59 Å². The molecule has 6 heteroatoms. The summed E-state index contributed by atoms with van der Waals surface area (Å²) in [6, 6.07) is 19.1. The number of likely N-dealkylation sites (tertiary alicyclic amines) is 1. The predicted molar refractivity (Wildman–Crippen MR) is 120 cm³/mol. The molecular weight excluding hydrogens is 392 g/mol. The van der Waals surface area contributed by atoms with Gasteiger partial charge in [0.2, 0.25) is 0 Å². The van der Waals surface area contributed by atoms with Crippen LogP contribution in [0.25, 0.3) is 0 Å². The molecular formula is C25H32N2O4. The molecule has 2 aromatic carbocycles. The largest absolute Gasteiger partial charge is 0.460 e. The van der Waals surface area contributed by atoms with Crippen LogP contribution in [0.1, 0.15) is 42.1 Å². The Hall–Kier alpha value is -2.86. The molecule has 1 aliphatic rings. The molecule has 2 atom stereocenters. The molecule has 166 valence electrons. The van der Waals surface area contributed by atoms with Crippen LogP contribution in [-0.4, -0.2) is 55.3 Å². The van der Waals surface area contributed by atoms with Crippen molar-refractivity contribution in [1.29, 1.82) is 0 Å². The number of benzene rings is 2. The minimum atomic E-state index is -0.400. The van der Waals surface area contributed by atoms with Crippen LogP contribution in [0.2, 0.25) is 0 Å². The fourth-order valence-electron chi connectivity index (χ4n) is 3.82. The number of ether oxygens (including phenoxy) is 2. The zero-order valence-electron chi connectivity index (χ0n) is 18.2. The van der Waals surface area contributed by atoms with Gasteiger partial charge in [0.1, 0.15) is 6.61 Å². The van der Waals surface area contributed by atoms with Gasteiger partial charge in [-0.3, -0.25) is 4.90 Å². The Morgan fingerprint density at radius 2 is 1.74 bits per heavy atom. The number of rotatable bonds is 10. The molecule has 6 nitrogen and oxygen atoms in total. The van der Waals surface area contributed by atoms with E-state index in [2.05, 4.69) is 29.3 Å². The molecule has 1 N–H and O–H groups in total. The van der Waals surface area contributed by atoms with Crippen molar-refractivity contribution in [3.05, 3.63) is 71.8 Å². The highest BCUT2D eigenvalue weighted by molar-refractivity contribution is 5.89. The second-order valence-corrected chi connectivity index (χ2v) is 7.83. The third-order valence-electron chi connectivity index (χ3n) is 5.62. The first-order chi connectivity index (χ1) is 15.2. The smallest absolute Gasteiger partial charge is 0.407 e. The van der Waals surface area contributed by atoms with Gasteiger partial charge in [0.05, 0.1) is 24.3 Å². The van der Waals surface area contributed by atoms with E-state index in [4.69, 9.17) is 9.47 Å². The van der Waals surface area contributed by atoms with E-state index < -0.39 is 6.09 Å². The van der Waals surface area contributed by atoms with Gasteiger partial charge in [-0.25, -0.2) is 9.59 Å². The lowest BCUT2D eigenvalue weighted by Gasteiger charge is -2.28. The van der Waals surface area contributed by atoms with Crippen molar-refractivity contribution in [2.75, 3.05) is 26.3 Å². The van der Waals surface area contributed by atoms with Crippen molar-refractivity contribution in [2.24, 2.45) is 0 Å². The van der Waals surface area contributed by atoms with E-state index in [1.165, 1.54) is 5.56 Å². The van der Waals surface area contributed by atoms with Crippen LogP contribution in [0.5, 0.6) is 0 Å². The summed E-state index contributed by atoms with van der Waals surface area (Å²) in [5.41, 5.74) is 1.79. The summed E-state index contributed by atoms with van der Waals surface area (Å²) in [6.45, 7) is 4.36. The lowest BCUT2D eigenvalue weighted by atomic mass is 10.1. The maximum atomic E-state index is 12.4. The number of hydrogen-bond acceptors (Lipinski definition) is 5. The van der Waals surface area contributed by atoms with Gasteiger partial charge < -0.3 is 14.8 Å². The quantitative estimate of drug-likeness (QED) is 0.460. The molecule has 1 saturated heterocycles. The van der Waals surface area contributed by atoms with E-state index in [-0.39, 0.29) is 24.7 Å². The third kappa shape index (κ3) is 7.10. The Labute approximate surface area is 184 Å². The second kappa shape index (κ2) is 12.1. The van der Waals surface area contributed by atoms with Crippen molar-refractivity contribution in [1.82, 2.24) is 10.2 Å². The number of nitrogens with zero attached hydrogens (tertiary/aromatic N) is 1. The number of carbonyl (C=O) groups is 2. The Bertz CT molecular complexity index is 813. The molecule has 1 fully saturated rings. The van der Waals surface area contributed by atoms with Gasteiger partial charge in [-0.15, -0.1) is 0 Å². The Balaban J connectivity index is 1.60. The molecule has 0 bridgehead atoms. The van der Waals surface area contributed by atoms with Crippen LogP contribution in [0.3, 0.4) is 0 Å². The van der Waals surface area contributed by atoms with Gasteiger partial charge in [-0.1, -0.05) is 61.9 Å². The highest BCUT2D eigenvalue weighted by atomic mass is 16.5. The summed E-state index contributed by atoms with van der Waals surface area (Å²) in [4.78, 5) is 26.9. The van der Waals surface area contributed by atoms with Gasteiger partial charge in [-0.2, -0.15) is 0 Å². The standard InChI is InChI=1S/C25H32N2O4/c1-2-3-18-30-25(29)26-22-15-17-27(16-14-20-10-6-4-7-11-20)23(22)19-31-24(28)21-12-8-5-9-13-21/h4-13,22-23H,2-3,14-19H2,1H3,(H,26,29)/t22?,23-/m0/s1. The zero-order valence-corrected chi connectivity index (χ0v) is 18.2. The highest BCUT2D eigenvalue weighted by Gasteiger charge is 2.36. The fraction of sp³-hybridized carbons (Fsp3) is 0.440. The SMILES string of the molecule is CCCCOC(=O)NC1CCN(CCc2ccccc2)[C@H]1COC(=O)c1ccccc1. The van der Waals surface area contributed by atoms with Crippen LogP contribution in [0, 0.1) is 0 Å². The summed E-state index contributed by atoms with van der Waals surface area (Å²) in [5.74, 6) is -0.347. The number of carbonyl (C=O) groups excluding carboxylic acids is 2. The Kier molecular flexibility index (Phi) is 8.91. The van der Waals surface area contributed by atoms with Gasteiger partial charge in [0, 0.05) is 13.1 Å². The fourth-order valence-corrected chi connectivity index (χ4v) is 3.82. The van der Waals surface area contributed by atoms with Crippen LogP contribution in [-0.2, 0) is 15.9 Å². The summed E-state index contributed by atoms with van der Waals surface area (Å²) in [5, 5.41) is 2.99. The van der Waals surface area contributed by atoms with E-state index in [1.807, 2.05) is 36.4 Å². The molecule has 0 saturated carbocycles. The van der Waals surface area contributed by atoms with Gasteiger partial charge in [0.15, 0.2) is 0 Å². The lowest BCUT2D eigenvalue weighted by Crippen LogP contribution is -2.48. The highest BCUT2D eigenvalue weighted by Crippen LogP contribution is 2.20. The van der Waals surface area contributed by atoms with Gasteiger partial charge >= 0.3 is 12.1 Å². The molecule has 1 unspecified atom stereocenters. The van der Waals surface area contributed by atoms with Gasteiger partial charge in [0.25, 0.3) is 0 Å². The topological polar surface area (TPSA) is 67.9 Å². The van der Waals surface area contributed by atoms with Crippen LogP contribution >= 0.6 is 0 Å². The number of amides is 1. The normalized spacial score (nSPS) is 18.5. The first-order valence-electron chi connectivity index (χ1n) is 11.1. The second-order valence-electron chi connectivity index (χ2n) is 7.83. The van der Waals surface area contributed by atoms with Crippen LogP contribution < -0.4 is 5.32 Å². The maximum Gasteiger partial charge on any atom is 0.407 e. The summed E-state index contributed by atoms with van der Waals surface area (Å²) in [6.07, 6.45) is 3.12. The monoisotopic (exact) mass is 424 g/mol. The van der Waals surface area contributed by atoms with Crippen molar-refractivity contribution < 1.29 is 19.1 Å². The molecule has 0 radical (unpaired) electrons. The maximum absolute atomic E-state index is 12.4. The number of esters is 1. The lowest BCUT2D eigenvalue weighted by molar-refractivity contribution is 0.0375. The Morgan fingerprint density at radius 3 is 2.45 bits per heavy atom. The summed E-state index contributed by atoms with van der Waals surface area (Å²) >= 11 is 0. The molecule has 0 spiro atoms. The van der Waals surface area contributed by atoms with Crippen molar-refractivity contribution in [3.8, 4) is 0 Å². The first-order valence-corrected chi connectivity index (χ1v) is 11.1. The molecule has 2 aromatic rings. The minimum absolute atomic E-state index is 0.0879. The number of unbranched alkanes of at least 4 members (excludes halogenated alkanes) is 1. The van der Waals surface area contributed by atoms with Crippen LogP contribution in [0.4, 0.5) is 4.79 Å². The average molecular weight is 425 g/mol. The first kappa shape index (κ1) is 22.8. The molecule has 0 aromatic heterocycles. The van der Waals surface area contributed by atoms with Gasteiger partial charge in [-0.05, 0) is 37.0 Å². The van der Waals surface area contributed by atoms with Crippen molar-refractivity contribution >= 4 is 12.1 Å². The Morgan fingerprint density at radius 1 is 1.03 bits per heavy atom. The molecule has 3 rings (SSSR count). The van der Waals surface area contributed by atoms with E-state index in [1.54, 1.807) is 12.1 Å². The molecule has 1 aliphatic heterocycles. The zero-order chi connectivity index (χ0) is 21.9. The number of alkyl carbamates (subject to hydrolysis) is 1. The predicted octanol–water partition coefficient (Wildman–Crippen LogP) is 4.06. The van der Waals surface area contributed by atoms with Crippen molar-refractivity contribution in [2.45, 2.75) is 44.7 Å². The minimum Gasteiger partial charge on any atom is -0.460 e. The average Bonchev–Trinajstić information content (AvgIpc) is 3.18. The molecule has 1 amide bonds. The van der Waals surface area contributed by atoms with E-state index in [0.717, 1.165) is 38.8 Å². The third-order valence-corrected chi connectivity index (χ3v) is 5.62. The summed E-state index contributed by atoms with van der Waals surface area (Å²) in [7, 11) is 0. The van der Waals surface area contributed by atoms with E-state index in [0.29, 0.717) is 12.2 Å². The molecule has 1 heterocycles. The van der Waals surface area contributed by atoms with Crippen LogP contribution in [0.15, 0.2) is 60.7 Å².